The number of ether oxygens (including phenoxy) is 2. The molecule has 2 aliphatic carbocycles. The molecule has 0 amide bonds. The van der Waals surface area contributed by atoms with Crippen molar-refractivity contribution in [2.24, 2.45) is 0 Å². The second-order valence-corrected chi connectivity index (χ2v) is 7.17. The molecule has 0 radical (unpaired) electrons. The highest BCUT2D eigenvalue weighted by Gasteiger charge is 2.46. The lowest BCUT2D eigenvalue weighted by atomic mass is 9.78. The molecule has 0 atom stereocenters. The lowest BCUT2D eigenvalue weighted by Crippen LogP contribution is -2.34. The van der Waals surface area contributed by atoms with E-state index >= 15 is 0 Å². The van der Waals surface area contributed by atoms with E-state index in [0.29, 0.717) is 24.3 Å². The minimum absolute atomic E-state index is 0.182. The Balaban J connectivity index is 2.11. The van der Waals surface area contributed by atoms with Crippen molar-refractivity contribution in [3.63, 3.8) is 0 Å². The number of aliphatic carboxylic acids is 1. The van der Waals surface area contributed by atoms with Crippen molar-refractivity contribution in [3.05, 3.63) is 22.2 Å². The lowest BCUT2D eigenvalue weighted by molar-refractivity contribution is -0.143. The Bertz CT molecular complexity index is 574. The van der Waals surface area contributed by atoms with Crippen molar-refractivity contribution in [1.82, 2.24) is 0 Å². The number of halogens is 1. The predicted octanol–water partition coefficient (Wildman–Crippen LogP) is 4.29. The number of methoxy groups -OCH3 is 1. The molecule has 0 saturated heterocycles. The predicted molar refractivity (Wildman–Crippen MR) is 86.7 cm³/mol. The van der Waals surface area contributed by atoms with Gasteiger partial charge in [0, 0.05) is 10.0 Å². The van der Waals surface area contributed by atoms with Gasteiger partial charge in [-0.2, -0.15) is 0 Å². The van der Waals surface area contributed by atoms with Crippen molar-refractivity contribution >= 4 is 21.9 Å². The maximum atomic E-state index is 12.0. The second kappa shape index (κ2) is 6.11. The van der Waals surface area contributed by atoms with Crippen LogP contribution in [0.2, 0.25) is 0 Å². The molecule has 22 heavy (non-hydrogen) atoms. The third kappa shape index (κ3) is 2.60. The van der Waals surface area contributed by atoms with Gasteiger partial charge in [0.25, 0.3) is 0 Å². The minimum Gasteiger partial charge on any atom is -0.493 e. The third-order valence-electron chi connectivity index (χ3n) is 4.96. The summed E-state index contributed by atoms with van der Waals surface area (Å²) in [6.07, 6.45) is 6.58. The van der Waals surface area contributed by atoms with Crippen LogP contribution in [0.4, 0.5) is 0 Å². The van der Waals surface area contributed by atoms with Gasteiger partial charge in [0.05, 0.1) is 18.6 Å². The molecular formula is C17H21BrO4. The maximum absolute atomic E-state index is 12.0. The molecule has 3 rings (SSSR count). The number of hydrogen-bond acceptors (Lipinski definition) is 3. The van der Waals surface area contributed by atoms with Crippen molar-refractivity contribution in [3.8, 4) is 11.5 Å². The van der Waals surface area contributed by atoms with Crippen LogP contribution in [0, 0.1) is 0 Å². The molecule has 0 aliphatic heterocycles. The van der Waals surface area contributed by atoms with E-state index in [1.54, 1.807) is 7.11 Å². The number of hydrogen-bond donors (Lipinski definition) is 1. The Morgan fingerprint density at radius 1 is 1.27 bits per heavy atom. The van der Waals surface area contributed by atoms with Crippen LogP contribution in [0.25, 0.3) is 0 Å². The molecule has 0 heterocycles. The van der Waals surface area contributed by atoms with Gasteiger partial charge in [-0.25, -0.2) is 0 Å². The molecule has 120 valence electrons. The number of carboxylic acid groups (broad SMARTS) is 1. The molecule has 1 N–H and O–H groups in total. The van der Waals surface area contributed by atoms with Gasteiger partial charge in [0.1, 0.15) is 0 Å². The third-order valence-corrected chi connectivity index (χ3v) is 5.42. The fraction of sp³-hybridized carbons (Fsp3) is 0.588. The molecule has 5 heteroatoms. The van der Waals surface area contributed by atoms with Gasteiger partial charge in [0.15, 0.2) is 11.5 Å². The van der Waals surface area contributed by atoms with E-state index in [0.717, 1.165) is 35.7 Å². The Morgan fingerprint density at radius 3 is 2.45 bits per heavy atom. The largest absolute Gasteiger partial charge is 0.493 e. The summed E-state index contributed by atoms with van der Waals surface area (Å²) >= 11 is 3.48. The summed E-state index contributed by atoms with van der Waals surface area (Å²) < 4.78 is 12.4. The van der Waals surface area contributed by atoms with E-state index in [-0.39, 0.29) is 6.10 Å². The van der Waals surface area contributed by atoms with Crippen molar-refractivity contribution in [2.45, 2.75) is 56.5 Å². The fourth-order valence-corrected chi connectivity index (χ4v) is 3.87. The number of carbonyl (C=O) groups is 1. The summed E-state index contributed by atoms with van der Waals surface area (Å²) in [6.45, 7) is 0. The quantitative estimate of drug-likeness (QED) is 0.842. The second-order valence-electron chi connectivity index (χ2n) is 6.25. The molecule has 1 aromatic rings. The van der Waals surface area contributed by atoms with E-state index in [1.807, 2.05) is 12.1 Å². The Labute approximate surface area is 138 Å². The Morgan fingerprint density at radius 2 is 1.95 bits per heavy atom. The molecule has 0 bridgehead atoms. The zero-order chi connectivity index (χ0) is 15.7. The van der Waals surface area contributed by atoms with Crippen molar-refractivity contribution < 1.29 is 19.4 Å². The topological polar surface area (TPSA) is 55.8 Å². The van der Waals surface area contributed by atoms with Crippen LogP contribution in [-0.4, -0.2) is 24.3 Å². The summed E-state index contributed by atoms with van der Waals surface area (Å²) in [5.41, 5.74) is -0.0912. The van der Waals surface area contributed by atoms with Gasteiger partial charge in [0.2, 0.25) is 0 Å². The van der Waals surface area contributed by atoms with Crippen molar-refractivity contribution in [2.75, 3.05) is 7.11 Å². The molecular weight excluding hydrogens is 348 g/mol. The molecule has 0 aromatic heterocycles. The monoisotopic (exact) mass is 368 g/mol. The first-order valence-electron chi connectivity index (χ1n) is 7.85. The highest BCUT2D eigenvalue weighted by molar-refractivity contribution is 9.10. The fourth-order valence-electron chi connectivity index (χ4n) is 3.43. The molecule has 2 saturated carbocycles. The van der Waals surface area contributed by atoms with Gasteiger partial charge in [-0.3, -0.25) is 4.79 Å². The summed E-state index contributed by atoms with van der Waals surface area (Å²) in [6, 6.07) is 3.75. The molecule has 0 spiro atoms. The Hall–Kier alpha value is -1.23. The summed E-state index contributed by atoms with van der Waals surface area (Å²) in [5.74, 6) is 0.479. The van der Waals surface area contributed by atoms with E-state index in [2.05, 4.69) is 15.9 Å². The van der Waals surface area contributed by atoms with Gasteiger partial charge in [-0.15, -0.1) is 0 Å². The summed E-state index contributed by atoms with van der Waals surface area (Å²) in [7, 11) is 1.60. The van der Waals surface area contributed by atoms with E-state index in [9.17, 15) is 9.90 Å². The average Bonchev–Trinajstić information content (AvgIpc) is 2.93. The Kier molecular flexibility index (Phi) is 4.35. The van der Waals surface area contributed by atoms with Crippen LogP contribution < -0.4 is 9.47 Å². The molecule has 2 fully saturated rings. The summed E-state index contributed by atoms with van der Waals surface area (Å²) in [4.78, 5) is 12.0. The van der Waals surface area contributed by atoms with E-state index < -0.39 is 11.4 Å². The van der Waals surface area contributed by atoms with Crippen LogP contribution in [0.5, 0.6) is 11.5 Å². The van der Waals surface area contributed by atoms with Crippen LogP contribution in [0.15, 0.2) is 16.6 Å². The van der Waals surface area contributed by atoms with Crippen molar-refractivity contribution in [1.29, 1.82) is 0 Å². The van der Waals surface area contributed by atoms with Crippen LogP contribution in [-0.2, 0) is 10.2 Å². The SMILES string of the molecule is COc1cc(Br)cc(C2(C(=O)O)CCCC2)c1OC1CCC1. The highest BCUT2D eigenvalue weighted by Crippen LogP contribution is 2.50. The zero-order valence-electron chi connectivity index (χ0n) is 12.7. The average molecular weight is 369 g/mol. The first-order valence-corrected chi connectivity index (χ1v) is 8.64. The molecule has 2 aliphatic rings. The number of rotatable bonds is 5. The minimum atomic E-state index is -0.851. The maximum Gasteiger partial charge on any atom is 0.314 e. The van der Waals surface area contributed by atoms with E-state index in [1.165, 1.54) is 6.42 Å². The molecule has 4 nitrogen and oxygen atoms in total. The van der Waals surface area contributed by atoms with E-state index in [4.69, 9.17) is 9.47 Å². The zero-order valence-corrected chi connectivity index (χ0v) is 14.3. The van der Waals surface area contributed by atoms with Gasteiger partial charge in [-0.1, -0.05) is 28.8 Å². The smallest absolute Gasteiger partial charge is 0.314 e. The number of benzene rings is 1. The van der Waals surface area contributed by atoms with Crippen LogP contribution >= 0.6 is 15.9 Å². The molecule has 1 aromatic carbocycles. The normalized spacial score (nSPS) is 20.5. The first kappa shape index (κ1) is 15.7. The summed E-state index contributed by atoms with van der Waals surface area (Å²) in [5, 5.41) is 9.89. The lowest BCUT2D eigenvalue weighted by Gasteiger charge is -2.32. The van der Waals surface area contributed by atoms with Gasteiger partial charge >= 0.3 is 5.97 Å². The highest BCUT2D eigenvalue weighted by atomic mass is 79.9. The van der Waals surface area contributed by atoms with Gasteiger partial charge < -0.3 is 14.6 Å². The first-order chi connectivity index (χ1) is 10.6. The van der Waals surface area contributed by atoms with Crippen LogP contribution in [0.1, 0.15) is 50.5 Å². The van der Waals surface area contributed by atoms with Gasteiger partial charge in [-0.05, 0) is 44.2 Å². The number of carboxylic acids is 1. The van der Waals surface area contributed by atoms with Crippen LogP contribution in [0.3, 0.4) is 0 Å². The molecule has 0 unspecified atom stereocenters. The standard InChI is InChI=1S/C17H21BrO4/c1-21-14-10-11(18)9-13(15(14)22-12-5-4-6-12)17(16(19)20)7-2-3-8-17/h9-10,12H,2-8H2,1H3,(H,19,20).